The Kier molecular flexibility index (Phi) is 5.29. The lowest BCUT2D eigenvalue weighted by molar-refractivity contribution is -0.143. The number of halogens is 4. The highest BCUT2D eigenvalue weighted by molar-refractivity contribution is 5.92. The van der Waals surface area contributed by atoms with Crippen LogP contribution < -0.4 is 0 Å². The van der Waals surface area contributed by atoms with Crippen LogP contribution in [0.4, 0.5) is 17.6 Å². The Labute approximate surface area is 146 Å². The van der Waals surface area contributed by atoms with Crippen LogP contribution in [0, 0.1) is 5.82 Å². The topological polar surface area (TPSA) is 57.0 Å². The number of hydrogen-bond donors (Lipinski definition) is 0. The summed E-state index contributed by atoms with van der Waals surface area (Å²) in [6.07, 6.45) is -1.77. The summed E-state index contributed by atoms with van der Waals surface area (Å²) in [4.78, 5) is 15.6. The lowest BCUT2D eigenvalue weighted by Crippen LogP contribution is -2.18. The van der Waals surface area contributed by atoms with E-state index in [9.17, 15) is 22.4 Å². The molecule has 0 aliphatic carbocycles. The van der Waals surface area contributed by atoms with Crippen molar-refractivity contribution in [2.24, 2.45) is 0 Å². The molecule has 2 heterocycles. The van der Waals surface area contributed by atoms with Crippen LogP contribution in [0.1, 0.15) is 30.4 Å². The molecular weight excluding hydrogens is 354 g/mol. The van der Waals surface area contributed by atoms with Crippen molar-refractivity contribution in [1.82, 2.24) is 14.8 Å². The molecule has 26 heavy (non-hydrogen) atoms. The Balaban J connectivity index is 0.00000243. The molecule has 0 unspecified atom stereocenters. The van der Waals surface area contributed by atoms with Crippen molar-refractivity contribution in [3.05, 3.63) is 53.9 Å². The third-order valence-corrected chi connectivity index (χ3v) is 3.49. The van der Waals surface area contributed by atoms with Crippen LogP contribution >= 0.6 is 0 Å². The highest BCUT2D eigenvalue weighted by atomic mass is 19.4. The first kappa shape index (κ1) is 19.4. The van der Waals surface area contributed by atoms with Crippen LogP contribution in [-0.2, 0) is 10.9 Å². The number of esters is 1. The number of carbonyl (C=O) groups is 1. The van der Waals surface area contributed by atoms with E-state index in [0.717, 1.165) is 12.4 Å². The van der Waals surface area contributed by atoms with Crippen LogP contribution in [0.25, 0.3) is 16.5 Å². The minimum Gasteiger partial charge on any atom is -0.462 e. The average Bonchev–Trinajstić information content (AvgIpc) is 3.00. The molecule has 0 bridgehead atoms. The summed E-state index contributed by atoms with van der Waals surface area (Å²) in [5.41, 5.74) is -2.12. The van der Waals surface area contributed by atoms with E-state index in [1.807, 2.05) is 0 Å². The highest BCUT2D eigenvalue weighted by Gasteiger charge is 2.41. The van der Waals surface area contributed by atoms with E-state index in [-0.39, 0.29) is 30.5 Å². The largest absolute Gasteiger partial charge is 0.462 e. The second-order valence-electron chi connectivity index (χ2n) is 5.03. The lowest BCUT2D eigenvalue weighted by Gasteiger charge is -2.13. The summed E-state index contributed by atoms with van der Waals surface area (Å²) in [5.74, 6) is -1.77. The fourth-order valence-electron chi connectivity index (χ4n) is 2.47. The van der Waals surface area contributed by atoms with Crippen molar-refractivity contribution in [3.8, 4) is 5.69 Å². The molecule has 0 radical (unpaired) electrons. The predicted octanol–water partition coefficient (Wildman–Crippen LogP) is 4.39. The molecule has 1 aromatic carbocycles. The third-order valence-electron chi connectivity index (χ3n) is 3.49. The SMILES string of the molecule is C.CCOC(=O)c1cnn(-c2cncc3c(F)cccc23)c1C(F)(F)F. The van der Waals surface area contributed by atoms with Crippen LogP contribution in [0.2, 0.25) is 0 Å². The van der Waals surface area contributed by atoms with Gasteiger partial charge in [-0.25, -0.2) is 13.9 Å². The van der Waals surface area contributed by atoms with Crippen LogP contribution in [0.15, 0.2) is 36.8 Å². The second kappa shape index (κ2) is 7.11. The van der Waals surface area contributed by atoms with Crippen molar-refractivity contribution in [2.75, 3.05) is 6.61 Å². The molecule has 0 atom stereocenters. The number of ether oxygens (including phenoxy) is 1. The zero-order valence-corrected chi connectivity index (χ0v) is 12.8. The molecule has 0 fully saturated rings. The van der Waals surface area contributed by atoms with Crippen LogP contribution in [-0.4, -0.2) is 27.3 Å². The molecule has 5 nitrogen and oxygen atoms in total. The van der Waals surface area contributed by atoms with Gasteiger partial charge in [0.05, 0.1) is 24.7 Å². The Morgan fingerprint density at radius 1 is 1.19 bits per heavy atom. The fraction of sp³-hybridized carbons (Fsp3) is 0.235. The number of fused-ring (bicyclic) bond motifs is 1. The molecule has 0 N–H and O–H groups in total. The molecule has 0 saturated carbocycles. The van der Waals surface area contributed by atoms with Gasteiger partial charge >= 0.3 is 12.1 Å². The molecule has 138 valence electrons. The zero-order valence-electron chi connectivity index (χ0n) is 12.8. The molecule has 0 saturated heterocycles. The standard InChI is InChI=1S/C16H11F4N3O2.CH4/c1-2-25-15(24)11-7-22-23(14(11)16(18,19)20)13-8-21-6-10-9(13)4-3-5-12(10)17;/h3-8H,2H2,1H3;1H4. The van der Waals surface area contributed by atoms with Gasteiger partial charge in [0.1, 0.15) is 11.4 Å². The first-order valence-electron chi connectivity index (χ1n) is 7.19. The molecule has 2 aromatic heterocycles. The maximum absolute atomic E-state index is 13.9. The third kappa shape index (κ3) is 3.24. The first-order valence-corrected chi connectivity index (χ1v) is 7.19. The van der Waals surface area contributed by atoms with E-state index in [0.29, 0.717) is 4.68 Å². The lowest BCUT2D eigenvalue weighted by atomic mass is 10.1. The number of nitrogens with zero attached hydrogens (tertiary/aromatic N) is 3. The number of pyridine rings is 1. The summed E-state index contributed by atoms with van der Waals surface area (Å²) >= 11 is 0. The molecule has 9 heteroatoms. The second-order valence-corrected chi connectivity index (χ2v) is 5.03. The number of hydrogen-bond acceptors (Lipinski definition) is 4. The smallest absolute Gasteiger partial charge is 0.434 e. The summed E-state index contributed by atoms with van der Waals surface area (Å²) in [6.45, 7) is 1.40. The normalized spacial score (nSPS) is 11.3. The van der Waals surface area contributed by atoms with Gasteiger partial charge in [-0.15, -0.1) is 0 Å². The van der Waals surface area contributed by atoms with Crippen LogP contribution in [0.5, 0.6) is 0 Å². The van der Waals surface area contributed by atoms with Crippen molar-refractivity contribution in [1.29, 1.82) is 0 Å². The Morgan fingerprint density at radius 3 is 2.58 bits per heavy atom. The summed E-state index contributed by atoms with van der Waals surface area (Å²) in [5, 5.41) is 3.89. The van der Waals surface area contributed by atoms with E-state index < -0.39 is 29.2 Å². The maximum atomic E-state index is 13.9. The fourth-order valence-corrected chi connectivity index (χ4v) is 2.47. The van der Waals surface area contributed by atoms with Gasteiger partial charge in [-0.05, 0) is 13.0 Å². The zero-order chi connectivity index (χ0) is 18.2. The van der Waals surface area contributed by atoms with Crippen molar-refractivity contribution in [2.45, 2.75) is 20.5 Å². The Morgan fingerprint density at radius 2 is 1.92 bits per heavy atom. The molecule has 0 aliphatic heterocycles. The number of carbonyl (C=O) groups excluding carboxylic acids is 1. The molecule has 3 rings (SSSR count). The van der Waals surface area contributed by atoms with E-state index in [4.69, 9.17) is 0 Å². The number of rotatable bonds is 3. The maximum Gasteiger partial charge on any atom is 0.434 e. The van der Waals surface area contributed by atoms with Crippen molar-refractivity contribution >= 4 is 16.7 Å². The van der Waals surface area contributed by atoms with Crippen molar-refractivity contribution < 1.29 is 27.1 Å². The van der Waals surface area contributed by atoms with Gasteiger partial charge in [0.25, 0.3) is 0 Å². The Bertz CT molecular complexity index is 951. The molecule has 0 amide bonds. The summed E-state index contributed by atoms with van der Waals surface area (Å²) in [6, 6.07) is 3.98. The number of aromatic nitrogens is 3. The van der Waals surface area contributed by atoms with Gasteiger partial charge in [-0.1, -0.05) is 19.6 Å². The molecule has 3 aromatic rings. The van der Waals surface area contributed by atoms with Gasteiger partial charge in [0, 0.05) is 17.0 Å². The summed E-state index contributed by atoms with van der Waals surface area (Å²) < 4.78 is 59.7. The number of alkyl halides is 3. The van der Waals surface area contributed by atoms with Gasteiger partial charge in [-0.3, -0.25) is 4.98 Å². The number of benzene rings is 1. The minimum absolute atomic E-state index is 0. The molecule has 0 spiro atoms. The van der Waals surface area contributed by atoms with Gasteiger partial charge < -0.3 is 4.74 Å². The highest BCUT2D eigenvalue weighted by Crippen LogP contribution is 2.35. The van der Waals surface area contributed by atoms with Crippen LogP contribution in [0.3, 0.4) is 0 Å². The van der Waals surface area contributed by atoms with E-state index in [2.05, 4.69) is 14.8 Å². The van der Waals surface area contributed by atoms with E-state index in [1.54, 1.807) is 0 Å². The predicted molar refractivity (Wildman–Crippen MR) is 86.5 cm³/mol. The Hall–Kier alpha value is -2.97. The first-order chi connectivity index (χ1) is 11.8. The average molecular weight is 369 g/mol. The minimum atomic E-state index is -4.88. The van der Waals surface area contributed by atoms with Gasteiger partial charge in [0.15, 0.2) is 5.69 Å². The monoisotopic (exact) mass is 369 g/mol. The van der Waals surface area contributed by atoms with Gasteiger partial charge in [-0.2, -0.15) is 18.3 Å². The quantitative estimate of drug-likeness (QED) is 0.508. The molecular formula is C17H15F4N3O2. The molecule has 0 aliphatic rings. The van der Waals surface area contributed by atoms with Crippen molar-refractivity contribution in [3.63, 3.8) is 0 Å². The van der Waals surface area contributed by atoms with Gasteiger partial charge in [0.2, 0.25) is 0 Å². The van der Waals surface area contributed by atoms with E-state index in [1.165, 1.54) is 31.3 Å². The van der Waals surface area contributed by atoms with E-state index >= 15 is 0 Å². The summed E-state index contributed by atoms with van der Waals surface area (Å²) in [7, 11) is 0.